The van der Waals surface area contributed by atoms with Crippen LogP contribution < -0.4 is 9.62 Å². The SMILES string of the molecule is CCC(C)NC(=O)C(CC)N(Cc1ccc(F)cc1)C(=O)CN(c1cccc(Cl)c1Cl)S(=O)(=O)c1ccc(C)cc1. The first-order valence-corrected chi connectivity index (χ1v) is 15.5. The Morgan fingerprint density at radius 1 is 0.951 bits per heavy atom. The molecule has 0 fully saturated rings. The fourth-order valence-corrected chi connectivity index (χ4v) is 6.06. The van der Waals surface area contributed by atoms with Crippen molar-refractivity contribution in [2.24, 2.45) is 0 Å². The molecule has 2 unspecified atom stereocenters. The van der Waals surface area contributed by atoms with E-state index >= 15 is 0 Å². The molecule has 2 atom stereocenters. The smallest absolute Gasteiger partial charge is 0.264 e. The van der Waals surface area contributed by atoms with Crippen molar-refractivity contribution in [3.8, 4) is 0 Å². The summed E-state index contributed by atoms with van der Waals surface area (Å²) in [5.74, 6) is -1.46. The molecular formula is C30H34Cl2FN3O4S. The molecule has 0 aliphatic rings. The maximum atomic E-state index is 14.1. The Bertz CT molecular complexity index is 1470. The number of carbonyl (C=O) groups is 2. The minimum Gasteiger partial charge on any atom is -0.352 e. The minimum atomic E-state index is -4.30. The van der Waals surface area contributed by atoms with Crippen LogP contribution >= 0.6 is 23.2 Å². The second kappa shape index (κ2) is 14.2. The molecule has 0 aliphatic heterocycles. The van der Waals surface area contributed by atoms with E-state index < -0.39 is 34.3 Å². The Morgan fingerprint density at radius 2 is 1.59 bits per heavy atom. The van der Waals surface area contributed by atoms with E-state index in [4.69, 9.17) is 23.2 Å². The van der Waals surface area contributed by atoms with Crippen LogP contribution in [0.5, 0.6) is 0 Å². The molecule has 1 N–H and O–H groups in total. The van der Waals surface area contributed by atoms with E-state index in [9.17, 15) is 22.4 Å². The summed E-state index contributed by atoms with van der Waals surface area (Å²) in [6.45, 7) is 6.66. The van der Waals surface area contributed by atoms with Gasteiger partial charge in [-0.2, -0.15) is 0 Å². The van der Waals surface area contributed by atoms with E-state index in [0.717, 1.165) is 9.87 Å². The van der Waals surface area contributed by atoms with Gasteiger partial charge in [-0.1, -0.05) is 72.9 Å². The Morgan fingerprint density at radius 3 is 2.17 bits per heavy atom. The van der Waals surface area contributed by atoms with Gasteiger partial charge in [-0.15, -0.1) is 0 Å². The van der Waals surface area contributed by atoms with Crippen molar-refractivity contribution in [3.05, 3.63) is 93.7 Å². The van der Waals surface area contributed by atoms with Gasteiger partial charge < -0.3 is 10.2 Å². The average Bonchev–Trinajstić information content (AvgIpc) is 2.94. The van der Waals surface area contributed by atoms with E-state index in [-0.39, 0.29) is 45.5 Å². The van der Waals surface area contributed by atoms with Crippen molar-refractivity contribution in [2.75, 3.05) is 10.8 Å². The molecule has 0 bridgehead atoms. The zero-order chi connectivity index (χ0) is 30.3. The van der Waals surface area contributed by atoms with Crippen LogP contribution in [0.4, 0.5) is 10.1 Å². The third kappa shape index (κ3) is 7.99. The molecule has 3 aromatic rings. The van der Waals surface area contributed by atoms with Crippen LogP contribution in [0.3, 0.4) is 0 Å². The summed E-state index contributed by atoms with van der Waals surface area (Å²) in [7, 11) is -4.30. The predicted octanol–water partition coefficient (Wildman–Crippen LogP) is 6.36. The van der Waals surface area contributed by atoms with E-state index in [1.165, 1.54) is 59.5 Å². The van der Waals surface area contributed by atoms with Crippen LogP contribution in [0, 0.1) is 12.7 Å². The largest absolute Gasteiger partial charge is 0.352 e. The van der Waals surface area contributed by atoms with Crippen LogP contribution in [-0.4, -0.2) is 43.8 Å². The topological polar surface area (TPSA) is 86.8 Å². The molecule has 0 radical (unpaired) electrons. The molecule has 3 aromatic carbocycles. The number of aryl methyl sites for hydroxylation is 1. The molecular weight excluding hydrogens is 588 g/mol. The highest BCUT2D eigenvalue weighted by Gasteiger charge is 2.35. The van der Waals surface area contributed by atoms with Crippen LogP contribution in [0.25, 0.3) is 0 Å². The Kier molecular flexibility index (Phi) is 11.2. The zero-order valence-electron chi connectivity index (χ0n) is 23.4. The number of benzene rings is 3. The van der Waals surface area contributed by atoms with Gasteiger partial charge in [0.05, 0.1) is 20.6 Å². The predicted molar refractivity (Wildman–Crippen MR) is 161 cm³/mol. The molecule has 220 valence electrons. The summed E-state index contributed by atoms with van der Waals surface area (Å²) >= 11 is 12.7. The standard InChI is InChI=1S/C30H34Cl2FN3O4S/c1-5-21(4)34-30(38)26(6-2)35(18-22-12-14-23(33)15-13-22)28(37)19-36(27-9-7-8-25(31)29(27)32)41(39,40)24-16-10-20(3)11-17-24/h7-17,21,26H,5-6,18-19H2,1-4H3,(H,34,38). The lowest BCUT2D eigenvalue weighted by molar-refractivity contribution is -0.140. The normalized spacial score (nSPS) is 12.9. The fourth-order valence-electron chi connectivity index (χ4n) is 4.18. The molecule has 0 spiro atoms. The molecule has 0 heterocycles. The lowest BCUT2D eigenvalue weighted by Crippen LogP contribution is -2.53. The highest BCUT2D eigenvalue weighted by molar-refractivity contribution is 7.92. The number of carbonyl (C=O) groups excluding carboxylic acids is 2. The van der Waals surface area contributed by atoms with Crippen molar-refractivity contribution >= 4 is 50.7 Å². The van der Waals surface area contributed by atoms with Crippen molar-refractivity contribution in [1.82, 2.24) is 10.2 Å². The number of nitrogens with one attached hydrogen (secondary N) is 1. The second-order valence-corrected chi connectivity index (χ2v) is 12.4. The lowest BCUT2D eigenvalue weighted by Gasteiger charge is -2.34. The Hall–Kier alpha value is -3.14. The first kappa shape index (κ1) is 32.4. The second-order valence-electron chi connectivity index (χ2n) is 9.79. The van der Waals surface area contributed by atoms with Gasteiger partial charge in [0.15, 0.2) is 0 Å². The maximum Gasteiger partial charge on any atom is 0.264 e. The van der Waals surface area contributed by atoms with E-state index in [2.05, 4.69) is 5.32 Å². The molecule has 41 heavy (non-hydrogen) atoms. The highest BCUT2D eigenvalue weighted by Crippen LogP contribution is 2.35. The van der Waals surface area contributed by atoms with Crippen LogP contribution in [-0.2, 0) is 26.2 Å². The number of hydrogen-bond donors (Lipinski definition) is 1. The highest BCUT2D eigenvalue weighted by atomic mass is 35.5. The summed E-state index contributed by atoms with van der Waals surface area (Å²) in [6.07, 6.45) is 0.946. The molecule has 0 saturated carbocycles. The third-order valence-corrected chi connectivity index (χ3v) is 9.32. The van der Waals surface area contributed by atoms with Crippen molar-refractivity contribution in [1.29, 1.82) is 0 Å². The number of rotatable bonds is 12. The van der Waals surface area contributed by atoms with Gasteiger partial charge in [0.1, 0.15) is 18.4 Å². The van der Waals surface area contributed by atoms with E-state index in [1.807, 2.05) is 20.8 Å². The third-order valence-electron chi connectivity index (χ3n) is 6.74. The maximum absolute atomic E-state index is 14.1. The summed E-state index contributed by atoms with van der Waals surface area (Å²) in [6, 6.07) is 15.2. The van der Waals surface area contributed by atoms with Crippen LogP contribution in [0.15, 0.2) is 71.6 Å². The Balaban J connectivity index is 2.10. The van der Waals surface area contributed by atoms with Gasteiger partial charge in [0.2, 0.25) is 11.8 Å². The summed E-state index contributed by atoms with van der Waals surface area (Å²) in [5, 5.41) is 2.99. The lowest BCUT2D eigenvalue weighted by atomic mass is 10.1. The summed E-state index contributed by atoms with van der Waals surface area (Å²) in [5.41, 5.74) is 1.45. The molecule has 11 heteroatoms. The van der Waals surface area contributed by atoms with Gasteiger partial charge in [0.25, 0.3) is 10.0 Å². The first-order valence-electron chi connectivity index (χ1n) is 13.3. The fraction of sp³-hybridized carbons (Fsp3) is 0.333. The van der Waals surface area contributed by atoms with Crippen molar-refractivity contribution in [3.63, 3.8) is 0 Å². The number of hydrogen-bond acceptors (Lipinski definition) is 4. The molecule has 0 aromatic heterocycles. The van der Waals surface area contributed by atoms with E-state index in [0.29, 0.717) is 12.0 Å². The van der Waals surface area contributed by atoms with Gasteiger partial charge in [-0.25, -0.2) is 12.8 Å². The number of sulfonamides is 1. The monoisotopic (exact) mass is 621 g/mol. The summed E-state index contributed by atoms with van der Waals surface area (Å²) in [4.78, 5) is 28.7. The van der Waals surface area contributed by atoms with Gasteiger partial charge in [-0.3, -0.25) is 13.9 Å². The summed E-state index contributed by atoms with van der Waals surface area (Å²) < 4.78 is 42.4. The van der Waals surface area contributed by atoms with Crippen LogP contribution in [0.1, 0.15) is 44.7 Å². The van der Waals surface area contributed by atoms with Gasteiger partial charge in [0, 0.05) is 12.6 Å². The minimum absolute atomic E-state index is 0.0203. The zero-order valence-corrected chi connectivity index (χ0v) is 25.7. The first-order chi connectivity index (χ1) is 19.4. The van der Waals surface area contributed by atoms with E-state index in [1.54, 1.807) is 19.1 Å². The number of anilines is 1. The molecule has 0 saturated heterocycles. The average molecular weight is 623 g/mol. The Labute approximate surface area is 251 Å². The number of nitrogens with zero attached hydrogens (tertiary/aromatic N) is 2. The van der Waals surface area contributed by atoms with Crippen LogP contribution in [0.2, 0.25) is 10.0 Å². The molecule has 0 aliphatic carbocycles. The van der Waals surface area contributed by atoms with Gasteiger partial charge in [-0.05, 0) is 68.7 Å². The quantitative estimate of drug-likeness (QED) is 0.255. The molecule has 2 amide bonds. The molecule has 7 nitrogen and oxygen atoms in total. The number of halogens is 3. The number of amides is 2. The van der Waals surface area contributed by atoms with Crippen molar-refractivity contribution < 1.29 is 22.4 Å². The molecule has 3 rings (SSSR count). The van der Waals surface area contributed by atoms with Gasteiger partial charge >= 0.3 is 0 Å². The van der Waals surface area contributed by atoms with Crippen molar-refractivity contribution in [2.45, 2.75) is 64.1 Å².